The van der Waals surface area contributed by atoms with Gasteiger partial charge < -0.3 is 5.32 Å². The summed E-state index contributed by atoms with van der Waals surface area (Å²) in [6.07, 6.45) is -4.75. The molecular formula is C11H12ClF3N2O3S. The first-order chi connectivity index (χ1) is 9.54. The maximum absolute atomic E-state index is 12.7. The van der Waals surface area contributed by atoms with Gasteiger partial charge in [-0.1, -0.05) is 11.6 Å². The molecule has 0 saturated carbocycles. The first-order valence-corrected chi connectivity index (χ1v) is 7.51. The molecule has 118 valence electrons. The van der Waals surface area contributed by atoms with Gasteiger partial charge in [-0.3, -0.25) is 4.79 Å². The van der Waals surface area contributed by atoms with E-state index >= 15 is 0 Å². The molecular weight excluding hydrogens is 333 g/mol. The van der Waals surface area contributed by atoms with Crippen LogP contribution < -0.4 is 10.0 Å². The van der Waals surface area contributed by atoms with Crippen LogP contribution in [0.25, 0.3) is 0 Å². The summed E-state index contributed by atoms with van der Waals surface area (Å²) in [6.45, 7) is 1.13. The lowest BCUT2D eigenvalue weighted by Crippen LogP contribution is -2.33. The van der Waals surface area contributed by atoms with Gasteiger partial charge in [0.25, 0.3) is 0 Å². The number of carbonyl (C=O) groups is 1. The molecule has 5 nitrogen and oxygen atoms in total. The lowest BCUT2D eigenvalue weighted by atomic mass is 10.2. The van der Waals surface area contributed by atoms with Gasteiger partial charge in [0.05, 0.1) is 15.5 Å². The summed E-state index contributed by atoms with van der Waals surface area (Å²) in [5.74, 6) is -0.347. The highest BCUT2D eigenvalue weighted by Gasteiger charge is 2.34. The van der Waals surface area contributed by atoms with E-state index < -0.39 is 31.7 Å². The molecule has 0 spiro atoms. The Morgan fingerprint density at radius 3 is 2.43 bits per heavy atom. The van der Waals surface area contributed by atoms with Gasteiger partial charge in [-0.15, -0.1) is 0 Å². The van der Waals surface area contributed by atoms with Crippen molar-refractivity contribution < 1.29 is 26.4 Å². The van der Waals surface area contributed by atoms with E-state index in [0.717, 1.165) is 12.1 Å². The van der Waals surface area contributed by atoms with Gasteiger partial charge in [-0.2, -0.15) is 13.2 Å². The second kappa shape index (κ2) is 6.63. The van der Waals surface area contributed by atoms with Crippen molar-refractivity contribution in [2.45, 2.75) is 18.0 Å². The maximum Gasteiger partial charge on any atom is 0.417 e. The number of benzene rings is 1. The Hall–Kier alpha value is -1.32. The molecule has 1 amide bonds. The van der Waals surface area contributed by atoms with E-state index in [1.807, 2.05) is 0 Å². The zero-order chi connectivity index (χ0) is 16.3. The standard InChI is InChI=1S/C11H12ClF3N2O3S/c1-7(18)16-4-5-17-21(19,20)8-2-3-10(12)9(6-8)11(13,14)15/h2-3,6,17H,4-5H2,1H3,(H,16,18). The van der Waals surface area contributed by atoms with E-state index in [1.54, 1.807) is 0 Å². The topological polar surface area (TPSA) is 75.3 Å². The average molecular weight is 345 g/mol. The molecule has 2 N–H and O–H groups in total. The van der Waals surface area contributed by atoms with Crippen LogP contribution in [0.3, 0.4) is 0 Å². The summed E-state index contributed by atoms with van der Waals surface area (Å²) in [4.78, 5) is 10.0. The smallest absolute Gasteiger partial charge is 0.355 e. The van der Waals surface area contributed by atoms with Crippen molar-refractivity contribution in [3.05, 3.63) is 28.8 Å². The molecule has 0 aromatic heterocycles. The fourth-order valence-electron chi connectivity index (χ4n) is 1.40. The minimum absolute atomic E-state index is 0.0221. The Bertz CT molecular complexity index is 632. The zero-order valence-electron chi connectivity index (χ0n) is 10.8. The monoisotopic (exact) mass is 344 g/mol. The molecule has 0 fully saturated rings. The fourth-order valence-corrected chi connectivity index (χ4v) is 2.68. The Morgan fingerprint density at radius 2 is 1.90 bits per heavy atom. The number of rotatable bonds is 5. The van der Waals surface area contributed by atoms with Crippen molar-refractivity contribution in [2.24, 2.45) is 0 Å². The first-order valence-electron chi connectivity index (χ1n) is 5.65. The molecule has 10 heteroatoms. The van der Waals surface area contributed by atoms with Crippen LogP contribution in [-0.4, -0.2) is 27.4 Å². The van der Waals surface area contributed by atoms with E-state index in [9.17, 15) is 26.4 Å². The van der Waals surface area contributed by atoms with Crippen LogP contribution in [0.4, 0.5) is 13.2 Å². The molecule has 21 heavy (non-hydrogen) atoms. The van der Waals surface area contributed by atoms with Crippen molar-refractivity contribution >= 4 is 27.5 Å². The van der Waals surface area contributed by atoms with Crippen LogP contribution >= 0.6 is 11.6 Å². The van der Waals surface area contributed by atoms with E-state index in [4.69, 9.17) is 11.6 Å². The van der Waals surface area contributed by atoms with Crippen molar-refractivity contribution in [3.8, 4) is 0 Å². The van der Waals surface area contributed by atoms with Crippen molar-refractivity contribution in [1.29, 1.82) is 0 Å². The lowest BCUT2D eigenvalue weighted by Gasteiger charge is -2.12. The molecule has 0 atom stereocenters. The van der Waals surface area contributed by atoms with Gasteiger partial charge in [-0.25, -0.2) is 13.1 Å². The summed E-state index contributed by atoms with van der Waals surface area (Å²) >= 11 is 5.41. The molecule has 0 aliphatic heterocycles. The van der Waals surface area contributed by atoms with Gasteiger partial charge in [0.2, 0.25) is 15.9 Å². The highest BCUT2D eigenvalue weighted by Crippen LogP contribution is 2.35. The Morgan fingerprint density at radius 1 is 1.29 bits per heavy atom. The highest BCUT2D eigenvalue weighted by molar-refractivity contribution is 7.89. The molecule has 0 unspecified atom stereocenters. The molecule has 1 rings (SSSR count). The van der Waals surface area contributed by atoms with Gasteiger partial charge in [0.1, 0.15) is 0 Å². The quantitative estimate of drug-likeness (QED) is 0.799. The van der Waals surface area contributed by atoms with Gasteiger partial charge in [-0.05, 0) is 18.2 Å². The van der Waals surface area contributed by atoms with E-state index in [2.05, 4.69) is 10.0 Å². The lowest BCUT2D eigenvalue weighted by molar-refractivity contribution is -0.137. The van der Waals surface area contributed by atoms with Crippen LogP contribution in [0.2, 0.25) is 5.02 Å². The summed E-state index contributed by atoms with van der Waals surface area (Å²) in [5.41, 5.74) is -1.23. The van der Waals surface area contributed by atoms with E-state index in [-0.39, 0.29) is 19.0 Å². The number of hydrogen-bond acceptors (Lipinski definition) is 3. The largest absolute Gasteiger partial charge is 0.417 e. The van der Waals surface area contributed by atoms with Gasteiger partial charge >= 0.3 is 6.18 Å². The van der Waals surface area contributed by atoms with Crippen LogP contribution in [0.1, 0.15) is 12.5 Å². The number of alkyl halides is 3. The predicted octanol–water partition coefficient (Wildman–Crippen LogP) is 1.77. The van der Waals surface area contributed by atoms with Crippen LogP contribution in [0.15, 0.2) is 23.1 Å². The minimum atomic E-state index is -4.75. The Kier molecular flexibility index (Phi) is 5.60. The number of amides is 1. The molecule has 1 aromatic rings. The van der Waals surface area contributed by atoms with Crippen molar-refractivity contribution in [1.82, 2.24) is 10.0 Å². The third kappa shape index (κ3) is 5.18. The molecule has 1 aromatic carbocycles. The molecule has 0 aliphatic carbocycles. The van der Waals surface area contributed by atoms with E-state index in [0.29, 0.717) is 6.07 Å². The van der Waals surface area contributed by atoms with Crippen LogP contribution in [0, 0.1) is 0 Å². The number of halogens is 4. The average Bonchev–Trinajstić information content (AvgIpc) is 2.33. The maximum atomic E-state index is 12.7. The van der Waals surface area contributed by atoms with Crippen LogP contribution in [0.5, 0.6) is 0 Å². The van der Waals surface area contributed by atoms with Gasteiger partial charge in [0.15, 0.2) is 0 Å². The molecule has 0 bridgehead atoms. The zero-order valence-corrected chi connectivity index (χ0v) is 12.4. The summed E-state index contributed by atoms with van der Waals surface area (Å²) < 4.78 is 63.7. The first kappa shape index (κ1) is 17.7. The third-order valence-electron chi connectivity index (χ3n) is 2.34. The number of carbonyl (C=O) groups excluding carboxylic acids is 1. The van der Waals surface area contributed by atoms with E-state index in [1.165, 1.54) is 6.92 Å². The summed E-state index contributed by atoms with van der Waals surface area (Å²) in [5, 5.41) is 1.76. The minimum Gasteiger partial charge on any atom is -0.355 e. The Balaban J connectivity index is 2.91. The predicted molar refractivity (Wildman–Crippen MR) is 70.3 cm³/mol. The Labute approximate surface area is 124 Å². The van der Waals surface area contributed by atoms with Crippen molar-refractivity contribution in [3.63, 3.8) is 0 Å². The van der Waals surface area contributed by atoms with Crippen molar-refractivity contribution in [2.75, 3.05) is 13.1 Å². The van der Waals surface area contributed by atoms with Crippen LogP contribution in [-0.2, 0) is 21.0 Å². The second-order valence-electron chi connectivity index (χ2n) is 4.02. The second-order valence-corrected chi connectivity index (χ2v) is 6.19. The highest BCUT2D eigenvalue weighted by atomic mass is 35.5. The third-order valence-corrected chi connectivity index (χ3v) is 4.13. The molecule has 0 radical (unpaired) electrons. The summed E-state index contributed by atoms with van der Waals surface area (Å²) in [7, 11) is -4.12. The fraction of sp³-hybridized carbons (Fsp3) is 0.364. The van der Waals surface area contributed by atoms with Gasteiger partial charge in [0, 0.05) is 20.0 Å². The normalized spacial score (nSPS) is 12.2. The molecule has 0 saturated heterocycles. The SMILES string of the molecule is CC(=O)NCCNS(=O)(=O)c1ccc(Cl)c(C(F)(F)F)c1. The molecule has 0 heterocycles. The number of nitrogens with one attached hydrogen (secondary N) is 2. The summed E-state index contributed by atoms with van der Waals surface area (Å²) in [6, 6.07) is 2.30. The number of hydrogen-bond donors (Lipinski definition) is 2. The molecule has 0 aliphatic rings. The number of sulfonamides is 1.